The van der Waals surface area contributed by atoms with Crippen LogP contribution in [-0.2, 0) is 14.4 Å². The van der Waals surface area contributed by atoms with Crippen LogP contribution in [0.3, 0.4) is 0 Å². The third kappa shape index (κ3) is 8.82. The number of hydrogen-bond donors (Lipinski definition) is 0. The third-order valence-corrected chi connectivity index (χ3v) is 0. The Hall–Kier alpha value is 2.66. The van der Waals surface area contributed by atoms with Crippen molar-refractivity contribution < 1.29 is 14.4 Å². The van der Waals surface area contributed by atoms with Gasteiger partial charge < -0.3 is 0 Å². The van der Waals surface area contributed by atoms with E-state index in [0.717, 1.165) is 0 Å². The molecule has 0 radical (unpaired) electrons. The zero-order chi connectivity index (χ0) is 2.00. The van der Waals surface area contributed by atoms with E-state index in [1.54, 1.807) is 0 Å². The van der Waals surface area contributed by atoms with Gasteiger partial charge in [0.05, 0.1) is 0 Å². The normalized spacial score (nSPS) is 1.50. The van der Waals surface area contributed by atoms with Gasteiger partial charge in [-0.2, -0.15) is 13.5 Å². The van der Waals surface area contributed by atoms with E-state index in [4.69, 9.17) is 0 Å². The summed E-state index contributed by atoms with van der Waals surface area (Å²) >= 11 is 3.77. The molecular weight excluding hydrogens is 265 g/mol. The molecule has 0 aliphatic heterocycles. The average molecular weight is 269 g/mol. The van der Waals surface area contributed by atoms with Crippen molar-refractivity contribution in [2.45, 2.75) is 0 Å². The molecule has 0 fully saturated rings. The summed E-state index contributed by atoms with van der Waals surface area (Å²) in [6.45, 7) is 0. The van der Waals surface area contributed by atoms with Crippen LogP contribution in [0, 0.1) is 0 Å². The van der Waals surface area contributed by atoms with Gasteiger partial charge >= 0.3 is 73.8 Å². The van der Waals surface area contributed by atoms with Crippen LogP contribution in [0.15, 0.2) is 0 Å². The first-order chi connectivity index (χ1) is 1.00. The molecule has 0 spiro atoms. The first-order valence-electron chi connectivity index (χ1n) is 0.123. The van der Waals surface area contributed by atoms with Gasteiger partial charge in [-0.3, -0.25) is 0 Å². The predicted octanol–water partition coefficient (Wildman–Crippen LogP) is -0.158. The van der Waals surface area contributed by atoms with Crippen molar-refractivity contribution in [2.75, 3.05) is 0 Å². The molecule has 0 amide bonds. The maximum absolute atomic E-state index is 3.77. The van der Waals surface area contributed by atoms with E-state index in [0.29, 0.717) is 0 Å². The van der Waals surface area contributed by atoms with E-state index in [1.165, 1.54) is 0 Å². The molecule has 0 atom stereocenters. The Kier molecular flexibility index (Phi) is 69.2. The van der Waals surface area contributed by atoms with Crippen molar-refractivity contribution in [3.8, 4) is 0 Å². The summed E-state index contributed by atoms with van der Waals surface area (Å²) in [6, 6.07) is 0. The van der Waals surface area contributed by atoms with E-state index in [1.807, 2.05) is 0 Å². The molecule has 4 heteroatoms. The van der Waals surface area contributed by atoms with Crippen molar-refractivity contribution >= 4 is 72.9 Å². The molecular formula is H4BaCuS2. The van der Waals surface area contributed by atoms with Crippen LogP contribution in [0.2, 0.25) is 0 Å². The van der Waals surface area contributed by atoms with Crippen molar-refractivity contribution in [2.24, 2.45) is 0 Å². The van der Waals surface area contributed by atoms with Crippen LogP contribution in [-0.4, -0.2) is 48.9 Å². The minimum atomic E-state index is 0. The van der Waals surface area contributed by atoms with Gasteiger partial charge in [-0.25, -0.2) is 0 Å². The molecule has 0 aromatic heterocycles. The van der Waals surface area contributed by atoms with E-state index in [2.05, 4.69) is 24.9 Å². The van der Waals surface area contributed by atoms with Crippen molar-refractivity contribution in [3.63, 3.8) is 0 Å². The van der Waals surface area contributed by atoms with Gasteiger partial charge in [0.25, 0.3) is 0 Å². The zero-order valence-electron chi connectivity index (χ0n) is 1.21. The molecule has 29 valence electrons. The standard InChI is InChI=1S/Ba.Cu.H2S.S.2H/h;;1H2;;;. The van der Waals surface area contributed by atoms with Gasteiger partial charge in [0.2, 0.25) is 0 Å². The van der Waals surface area contributed by atoms with Crippen molar-refractivity contribution in [3.05, 3.63) is 0 Å². The molecule has 0 saturated heterocycles. The molecule has 0 saturated carbocycles. The van der Waals surface area contributed by atoms with Crippen LogP contribution in [0.5, 0.6) is 0 Å². The predicted molar refractivity (Wildman–Crippen MR) is 26.5 cm³/mol. The average Bonchev–Trinajstić information content (AvgIpc) is 1.00. The molecule has 0 N–H and O–H groups in total. The Morgan fingerprint density at radius 2 is 1.25 bits per heavy atom. The Labute approximate surface area is 85.3 Å². The fraction of sp³-hybridized carbons (Fsp3) is 0. The summed E-state index contributed by atoms with van der Waals surface area (Å²) in [5, 5.41) is 0. The number of rotatable bonds is 0. The van der Waals surface area contributed by atoms with E-state index in [9.17, 15) is 0 Å². The molecule has 0 nitrogen and oxygen atoms in total. The summed E-state index contributed by atoms with van der Waals surface area (Å²) in [5.74, 6) is 0. The monoisotopic (exact) mass is 269 g/mol. The van der Waals surface area contributed by atoms with Gasteiger partial charge in [0, 0.05) is 0 Å². The molecule has 0 bridgehead atoms. The Morgan fingerprint density at radius 1 is 1.25 bits per heavy atom. The Balaban J connectivity index is -0.00000000500. The Bertz CT molecular complexity index is 6.00. The third-order valence-electron chi connectivity index (χ3n) is 0. The molecule has 0 heterocycles. The molecule has 4 heavy (non-hydrogen) atoms. The summed E-state index contributed by atoms with van der Waals surface area (Å²) in [7, 11) is 3.65. The number of hydrogen-bond acceptors (Lipinski definition) is 1. The quantitative estimate of drug-likeness (QED) is 0.551. The molecule has 0 rings (SSSR count). The van der Waals surface area contributed by atoms with Gasteiger partial charge in [-0.05, 0) is 0 Å². The maximum atomic E-state index is 3.77. The van der Waals surface area contributed by atoms with Crippen LogP contribution in [0.25, 0.3) is 0 Å². The van der Waals surface area contributed by atoms with E-state index < -0.39 is 0 Å². The van der Waals surface area contributed by atoms with Gasteiger partial charge in [-0.15, -0.1) is 0 Å². The van der Waals surface area contributed by atoms with E-state index >= 15 is 0 Å². The summed E-state index contributed by atoms with van der Waals surface area (Å²) in [5.41, 5.74) is 0. The fourth-order valence-electron chi connectivity index (χ4n) is 0. The zero-order valence-corrected chi connectivity index (χ0v) is 3.97. The second-order valence-corrected chi connectivity index (χ2v) is 0. The van der Waals surface area contributed by atoms with Crippen LogP contribution < -0.4 is 0 Å². The van der Waals surface area contributed by atoms with Gasteiger partial charge in [0.1, 0.15) is 0 Å². The second kappa shape index (κ2) is 17.4. The fourth-order valence-corrected chi connectivity index (χ4v) is 0. The molecule has 0 aliphatic carbocycles. The summed E-state index contributed by atoms with van der Waals surface area (Å²) in [4.78, 5) is 0. The molecule has 0 aromatic carbocycles. The SMILES string of the molecule is S.[BaH2].[S]=[Cu]. The first-order valence-corrected chi connectivity index (χ1v) is 1.52. The van der Waals surface area contributed by atoms with Gasteiger partial charge in [-0.1, -0.05) is 0 Å². The van der Waals surface area contributed by atoms with Crippen LogP contribution >= 0.6 is 24.0 Å². The Morgan fingerprint density at radius 3 is 1.25 bits per heavy atom. The second-order valence-electron chi connectivity index (χ2n) is 0. The topological polar surface area (TPSA) is 0 Å². The van der Waals surface area contributed by atoms with Crippen LogP contribution in [0.4, 0.5) is 0 Å². The summed E-state index contributed by atoms with van der Waals surface area (Å²) in [6.07, 6.45) is 0. The first kappa shape index (κ1) is 15.9. The summed E-state index contributed by atoms with van der Waals surface area (Å²) < 4.78 is 0. The molecule has 0 unspecified atom stereocenters. The van der Waals surface area contributed by atoms with Crippen molar-refractivity contribution in [1.82, 2.24) is 0 Å². The van der Waals surface area contributed by atoms with E-state index in [-0.39, 0.29) is 62.4 Å². The minimum absolute atomic E-state index is 0. The molecule has 0 aromatic rings. The van der Waals surface area contributed by atoms with Crippen molar-refractivity contribution in [1.29, 1.82) is 0 Å². The molecule has 0 aliphatic rings. The van der Waals surface area contributed by atoms with Gasteiger partial charge in [0.15, 0.2) is 0 Å². The van der Waals surface area contributed by atoms with Crippen LogP contribution in [0.1, 0.15) is 0 Å².